The molecular formula is C45H51N5O7S2. The van der Waals surface area contributed by atoms with Crippen LogP contribution in [0.4, 0.5) is 17.1 Å². The molecule has 3 amide bonds. The van der Waals surface area contributed by atoms with E-state index >= 15 is 0 Å². The molecule has 0 bridgehead atoms. The predicted octanol–water partition coefficient (Wildman–Crippen LogP) is 9.12. The summed E-state index contributed by atoms with van der Waals surface area (Å²) in [6, 6.07) is 12.4. The average molecular weight is 838 g/mol. The van der Waals surface area contributed by atoms with E-state index in [4.69, 9.17) is 28.9 Å². The largest absolute Gasteiger partial charge is 0.493 e. The summed E-state index contributed by atoms with van der Waals surface area (Å²) in [5.41, 5.74) is 6.49. The van der Waals surface area contributed by atoms with Crippen LogP contribution in [-0.2, 0) is 18.0 Å². The van der Waals surface area contributed by atoms with Crippen molar-refractivity contribution >= 4 is 68.8 Å². The SMILES string of the molecule is C/C=C1\CC2C=Nc3cc(OCc4cc(COc5cc6c(cc5OC)C(=O)N5C/C(=C/C)C[C@H]5C=N6)cc(NC(=O)CCC(C)(C)SSC)c4)c(OC)cc3C(=O)N2C1. The first-order valence-electron chi connectivity index (χ1n) is 19.7. The fraction of sp³-hybridized carbons (Fsp3) is 0.400. The molecule has 1 unspecified atom stereocenters. The summed E-state index contributed by atoms with van der Waals surface area (Å²) in [7, 11) is 6.53. The number of amides is 3. The molecule has 2 saturated heterocycles. The number of carbonyl (C=O) groups is 3. The van der Waals surface area contributed by atoms with Gasteiger partial charge >= 0.3 is 0 Å². The number of rotatable bonds is 14. The number of anilines is 1. The monoisotopic (exact) mass is 837 g/mol. The Morgan fingerprint density at radius 1 is 0.780 bits per heavy atom. The van der Waals surface area contributed by atoms with Crippen LogP contribution in [0.15, 0.2) is 75.7 Å². The predicted molar refractivity (Wildman–Crippen MR) is 237 cm³/mol. The van der Waals surface area contributed by atoms with Gasteiger partial charge in [0.25, 0.3) is 11.8 Å². The van der Waals surface area contributed by atoms with E-state index in [-0.39, 0.29) is 47.8 Å². The van der Waals surface area contributed by atoms with E-state index in [1.807, 2.05) is 60.5 Å². The molecule has 310 valence electrons. The molecule has 0 radical (unpaired) electrons. The second kappa shape index (κ2) is 18.0. The minimum absolute atomic E-state index is 0.0635. The zero-order valence-electron chi connectivity index (χ0n) is 34.6. The molecule has 59 heavy (non-hydrogen) atoms. The number of aliphatic imine (C=N–C) groups is 2. The van der Waals surface area contributed by atoms with Gasteiger partial charge in [-0.3, -0.25) is 24.4 Å². The van der Waals surface area contributed by atoms with Gasteiger partial charge in [0.2, 0.25) is 5.91 Å². The van der Waals surface area contributed by atoms with Crippen molar-refractivity contribution in [2.45, 2.75) is 83.4 Å². The summed E-state index contributed by atoms with van der Waals surface area (Å²) in [6.07, 6.45) is 12.4. The van der Waals surface area contributed by atoms with Crippen molar-refractivity contribution in [3.63, 3.8) is 0 Å². The summed E-state index contributed by atoms with van der Waals surface area (Å²) in [5, 5.41) is 3.09. The van der Waals surface area contributed by atoms with Gasteiger partial charge in [-0.15, -0.1) is 0 Å². The van der Waals surface area contributed by atoms with Gasteiger partial charge in [-0.05, 0) is 94.7 Å². The van der Waals surface area contributed by atoms with Crippen LogP contribution in [0.1, 0.15) is 85.2 Å². The number of ether oxygens (including phenoxy) is 4. The van der Waals surface area contributed by atoms with E-state index in [1.165, 1.54) is 11.1 Å². The van der Waals surface area contributed by atoms with Crippen LogP contribution in [0.2, 0.25) is 0 Å². The molecule has 3 aromatic rings. The van der Waals surface area contributed by atoms with Crippen molar-refractivity contribution in [3.8, 4) is 23.0 Å². The highest BCUT2D eigenvalue weighted by atomic mass is 33.1. The van der Waals surface area contributed by atoms with E-state index in [1.54, 1.807) is 60.1 Å². The standard InChI is InChI=1S/C45H51N5O7S2/c1-8-27-15-32-21-46-36-19-40(38(54-5)17-34(36)43(52)49(32)23-27)56-25-29-12-30(14-31(13-29)48-42(51)10-11-45(3,4)59-58-7)26-57-41-20-37-35(18-39(41)55-6)44(53)50-24-28(9-2)16-33(50)22-47-37/h8-9,12-14,17-22,32-33H,10-11,15-16,23-26H2,1-7H3,(H,48,51)/b27-8+,28-9+/t32-,33?/m0/s1. The van der Waals surface area contributed by atoms with Gasteiger partial charge in [-0.2, -0.15) is 0 Å². The average Bonchev–Trinajstić information content (AvgIpc) is 3.80. The molecule has 2 fully saturated rings. The molecule has 7 rings (SSSR count). The Labute approximate surface area is 353 Å². The van der Waals surface area contributed by atoms with E-state index in [0.717, 1.165) is 24.0 Å². The maximum Gasteiger partial charge on any atom is 0.257 e. The van der Waals surface area contributed by atoms with Gasteiger partial charge in [-0.1, -0.05) is 44.9 Å². The number of methoxy groups -OCH3 is 2. The Hall–Kier alpha value is -5.21. The zero-order chi connectivity index (χ0) is 41.8. The number of benzene rings is 3. The maximum atomic E-state index is 13.6. The normalized spacial score (nSPS) is 19.6. The van der Waals surface area contributed by atoms with Gasteiger partial charge in [0.15, 0.2) is 23.0 Å². The topological polar surface area (TPSA) is 131 Å². The number of nitrogens with one attached hydrogen (secondary N) is 1. The van der Waals surface area contributed by atoms with E-state index in [9.17, 15) is 14.4 Å². The summed E-state index contributed by atoms with van der Waals surface area (Å²) < 4.78 is 24.1. The lowest BCUT2D eigenvalue weighted by Gasteiger charge is -2.22. The molecule has 0 aliphatic carbocycles. The second-order valence-electron chi connectivity index (χ2n) is 15.6. The highest BCUT2D eigenvalue weighted by molar-refractivity contribution is 8.76. The molecular weight excluding hydrogens is 787 g/mol. The molecule has 0 saturated carbocycles. The first-order chi connectivity index (χ1) is 28.4. The Bertz CT molecular complexity index is 2130. The highest BCUT2D eigenvalue weighted by Gasteiger charge is 2.36. The van der Waals surface area contributed by atoms with Crippen molar-refractivity contribution < 1.29 is 33.3 Å². The van der Waals surface area contributed by atoms with Crippen molar-refractivity contribution in [2.24, 2.45) is 9.98 Å². The van der Waals surface area contributed by atoms with Crippen LogP contribution in [0, 0.1) is 0 Å². The van der Waals surface area contributed by atoms with Crippen LogP contribution < -0.4 is 24.3 Å². The molecule has 0 spiro atoms. The van der Waals surface area contributed by atoms with Gasteiger partial charge in [0.05, 0.1) is 48.8 Å². The van der Waals surface area contributed by atoms with Gasteiger partial charge in [-0.25, -0.2) is 0 Å². The molecule has 4 aliphatic heterocycles. The van der Waals surface area contributed by atoms with Crippen molar-refractivity contribution in [3.05, 3.63) is 88.0 Å². The van der Waals surface area contributed by atoms with Gasteiger partial charge < -0.3 is 34.1 Å². The minimum Gasteiger partial charge on any atom is -0.493 e. The first-order valence-corrected chi connectivity index (χ1v) is 22.3. The van der Waals surface area contributed by atoms with Crippen molar-refractivity contribution in [1.82, 2.24) is 9.80 Å². The number of nitrogens with zero attached hydrogens (tertiary/aromatic N) is 4. The maximum absolute atomic E-state index is 13.6. The van der Waals surface area contributed by atoms with Crippen LogP contribution in [0.25, 0.3) is 0 Å². The quantitative estimate of drug-likeness (QED) is 0.125. The van der Waals surface area contributed by atoms with Gasteiger partial charge in [0.1, 0.15) is 13.2 Å². The Morgan fingerprint density at radius 2 is 1.27 bits per heavy atom. The molecule has 2 atom stereocenters. The lowest BCUT2D eigenvalue weighted by Crippen LogP contribution is -2.35. The number of hydrogen-bond donors (Lipinski definition) is 1. The van der Waals surface area contributed by atoms with Gasteiger partial charge in [0, 0.05) is 54.5 Å². The summed E-state index contributed by atoms with van der Waals surface area (Å²) in [6.45, 7) is 9.63. The fourth-order valence-corrected chi connectivity index (χ4v) is 10.00. The van der Waals surface area contributed by atoms with Crippen molar-refractivity contribution in [1.29, 1.82) is 0 Å². The first kappa shape index (κ1) is 41.9. The van der Waals surface area contributed by atoms with Crippen molar-refractivity contribution in [2.75, 3.05) is 38.9 Å². The minimum atomic E-state index is -0.101. The summed E-state index contributed by atoms with van der Waals surface area (Å²) in [4.78, 5) is 53.7. The molecule has 4 heterocycles. The Morgan fingerprint density at radius 3 is 1.71 bits per heavy atom. The Balaban J connectivity index is 1.13. The molecule has 12 nitrogen and oxygen atoms in total. The third-order valence-corrected chi connectivity index (χ3v) is 13.7. The number of fused-ring (bicyclic) bond motifs is 4. The van der Waals surface area contributed by atoms with E-state index in [2.05, 4.69) is 31.3 Å². The smallest absolute Gasteiger partial charge is 0.257 e. The third kappa shape index (κ3) is 9.33. The molecule has 4 aliphatic rings. The lowest BCUT2D eigenvalue weighted by atomic mass is 10.1. The number of hydrogen-bond acceptors (Lipinski definition) is 11. The molecule has 0 aromatic heterocycles. The third-order valence-electron chi connectivity index (χ3n) is 11.0. The molecule has 3 aromatic carbocycles. The Kier molecular flexibility index (Phi) is 12.8. The second-order valence-corrected chi connectivity index (χ2v) is 18.7. The zero-order valence-corrected chi connectivity index (χ0v) is 36.3. The summed E-state index contributed by atoms with van der Waals surface area (Å²) in [5.74, 6) is 1.39. The fourth-order valence-electron chi connectivity index (χ4n) is 7.76. The number of allylic oxidation sites excluding steroid dienone is 2. The van der Waals surface area contributed by atoms with Crippen LogP contribution in [-0.4, -0.2) is 90.3 Å². The molecule has 14 heteroatoms. The summed E-state index contributed by atoms with van der Waals surface area (Å²) >= 11 is 0. The van der Waals surface area contributed by atoms with Crippen LogP contribution >= 0.6 is 21.6 Å². The number of carbonyl (C=O) groups excluding carboxylic acids is 3. The van der Waals surface area contributed by atoms with Crippen LogP contribution in [0.5, 0.6) is 23.0 Å². The lowest BCUT2D eigenvalue weighted by molar-refractivity contribution is -0.116. The van der Waals surface area contributed by atoms with E-state index in [0.29, 0.717) is 77.1 Å². The van der Waals surface area contributed by atoms with E-state index < -0.39 is 0 Å². The molecule has 1 N–H and O–H groups in total. The highest BCUT2D eigenvalue weighted by Crippen LogP contribution is 2.41. The van der Waals surface area contributed by atoms with Crippen LogP contribution in [0.3, 0.4) is 0 Å².